The van der Waals surface area contributed by atoms with Crippen molar-refractivity contribution in [2.45, 2.75) is 18.8 Å². The Labute approximate surface area is 113 Å². The van der Waals surface area contributed by atoms with Gasteiger partial charge in [-0.05, 0) is 18.6 Å². The molecule has 1 aliphatic rings. The van der Waals surface area contributed by atoms with Gasteiger partial charge in [-0.2, -0.15) is 0 Å². The Bertz CT molecular complexity index is 398. The van der Waals surface area contributed by atoms with Crippen LogP contribution in [0.5, 0.6) is 5.75 Å². The first-order valence-corrected chi connectivity index (χ1v) is 6.41. The normalized spacial score (nSPS) is 20.1. The largest absolute Gasteiger partial charge is 0.489 e. The van der Waals surface area contributed by atoms with E-state index in [4.69, 9.17) is 14.2 Å². The molecule has 0 saturated carbocycles. The zero-order chi connectivity index (χ0) is 13.7. The highest BCUT2D eigenvalue weighted by Crippen LogP contribution is 2.19. The lowest BCUT2D eigenvalue weighted by atomic mass is 10.3. The van der Waals surface area contributed by atoms with Crippen LogP contribution in [0.15, 0.2) is 24.3 Å². The Morgan fingerprint density at radius 3 is 2.84 bits per heavy atom. The minimum atomic E-state index is -0.272. The lowest BCUT2D eigenvalue weighted by Crippen LogP contribution is -2.34. The van der Waals surface area contributed by atoms with Crippen LogP contribution in [0.3, 0.4) is 0 Å². The van der Waals surface area contributed by atoms with E-state index in [1.54, 1.807) is 26.4 Å². The molecule has 2 rings (SSSR count). The molecule has 0 radical (unpaired) electrons. The van der Waals surface area contributed by atoms with Crippen molar-refractivity contribution in [3.05, 3.63) is 30.1 Å². The van der Waals surface area contributed by atoms with Crippen LogP contribution >= 0.6 is 0 Å². The number of hydrogen-bond acceptors (Lipinski definition) is 4. The fourth-order valence-corrected chi connectivity index (χ4v) is 2.25. The third kappa shape index (κ3) is 4.16. The molecule has 0 spiro atoms. The van der Waals surface area contributed by atoms with Gasteiger partial charge in [0.1, 0.15) is 17.7 Å². The topological polar surface area (TPSA) is 30.9 Å². The second-order valence-corrected chi connectivity index (χ2v) is 4.65. The van der Waals surface area contributed by atoms with Crippen molar-refractivity contribution < 1.29 is 18.6 Å². The Kier molecular flexibility index (Phi) is 5.13. The summed E-state index contributed by atoms with van der Waals surface area (Å²) in [5, 5.41) is 0. The van der Waals surface area contributed by atoms with E-state index in [1.807, 2.05) is 0 Å². The van der Waals surface area contributed by atoms with Gasteiger partial charge in [0.05, 0.1) is 0 Å². The number of likely N-dealkylation sites (tertiary alicyclic amines) is 1. The molecule has 1 saturated heterocycles. The molecule has 1 aromatic rings. The Balaban J connectivity index is 1.82. The second-order valence-electron chi connectivity index (χ2n) is 4.65. The van der Waals surface area contributed by atoms with Crippen LogP contribution in [0.4, 0.5) is 4.39 Å². The van der Waals surface area contributed by atoms with E-state index < -0.39 is 0 Å². The monoisotopic (exact) mass is 269 g/mol. The fraction of sp³-hybridized carbons (Fsp3) is 0.571. The number of benzene rings is 1. The van der Waals surface area contributed by atoms with Gasteiger partial charge in [-0.15, -0.1) is 0 Å². The zero-order valence-electron chi connectivity index (χ0n) is 11.3. The number of hydrogen-bond donors (Lipinski definition) is 0. The van der Waals surface area contributed by atoms with E-state index in [0.717, 1.165) is 26.1 Å². The molecule has 0 aromatic heterocycles. The molecule has 4 nitrogen and oxygen atoms in total. The molecule has 1 atom stereocenters. The van der Waals surface area contributed by atoms with Crippen molar-refractivity contribution in [2.75, 3.05) is 33.9 Å². The van der Waals surface area contributed by atoms with Crippen LogP contribution in [0.1, 0.15) is 6.42 Å². The van der Waals surface area contributed by atoms with Crippen LogP contribution in [-0.4, -0.2) is 51.1 Å². The van der Waals surface area contributed by atoms with Crippen molar-refractivity contribution in [1.29, 1.82) is 0 Å². The van der Waals surface area contributed by atoms with E-state index in [-0.39, 0.29) is 18.2 Å². The standard InChI is InChI=1S/C14H20FNO3/c1-17-14(18-2)10-16-7-6-13(9-16)19-12-5-3-4-11(15)8-12/h3-5,8,13-14H,6-7,9-10H2,1-2H3/t13-/m0/s1. The van der Waals surface area contributed by atoms with E-state index >= 15 is 0 Å². The maximum absolute atomic E-state index is 13.1. The van der Waals surface area contributed by atoms with E-state index in [1.165, 1.54) is 12.1 Å². The maximum atomic E-state index is 13.1. The minimum Gasteiger partial charge on any atom is -0.489 e. The molecule has 0 unspecified atom stereocenters. The third-order valence-corrected chi connectivity index (χ3v) is 3.26. The first-order valence-electron chi connectivity index (χ1n) is 6.41. The van der Waals surface area contributed by atoms with Crippen LogP contribution in [0, 0.1) is 5.82 Å². The molecule has 1 aromatic carbocycles. The number of rotatable bonds is 6. The summed E-state index contributed by atoms with van der Waals surface area (Å²) in [4.78, 5) is 2.22. The number of methoxy groups -OCH3 is 2. The Morgan fingerprint density at radius 1 is 1.37 bits per heavy atom. The fourth-order valence-electron chi connectivity index (χ4n) is 2.25. The van der Waals surface area contributed by atoms with E-state index in [2.05, 4.69) is 4.90 Å². The molecular weight excluding hydrogens is 249 g/mol. The third-order valence-electron chi connectivity index (χ3n) is 3.26. The van der Waals surface area contributed by atoms with Gasteiger partial charge in [0.25, 0.3) is 0 Å². The maximum Gasteiger partial charge on any atom is 0.169 e. The van der Waals surface area contributed by atoms with Crippen LogP contribution in [0.25, 0.3) is 0 Å². The number of halogens is 1. The average molecular weight is 269 g/mol. The lowest BCUT2D eigenvalue weighted by molar-refractivity contribution is -0.114. The average Bonchev–Trinajstić information content (AvgIpc) is 2.83. The molecule has 5 heteroatoms. The molecule has 19 heavy (non-hydrogen) atoms. The van der Waals surface area contributed by atoms with Gasteiger partial charge in [-0.25, -0.2) is 4.39 Å². The highest BCUT2D eigenvalue weighted by atomic mass is 19.1. The second kappa shape index (κ2) is 6.84. The van der Waals surface area contributed by atoms with Crippen molar-refractivity contribution in [2.24, 2.45) is 0 Å². The summed E-state index contributed by atoms with van der Waals surface area (Å²) in [7, 11) is 3.26. The SMILES string of the molecule is COC(CN1CC[C@H](Oc2cccc(F)c2)C1)OC. The summed E-state index contributed by atoms with van der Waals surface area (Å²) in [5.74, 6) is 0.313. The summed E-state index contributed by atoms with van der Waals surface area (Å²) >= 11 is 0. The summed E-state index contributed by atoms with van der Waals surface area (Å²) in [6.07, 6.45) is 0.806. The summed E-state index contributed by atoms with van der Waals surface area (Å²) in [6, 6.07) is 6.26. The molecule has 1 fully saturated rings. The van der Waals surface area contributed by atoms with Crippen molar-refractivity contribution in [3.63, 3.8) is 0 Å². The molecule has 0 bridgehead atoms. The van der Waals surface area contributed by atoms with Gasteiger partial charge in [0.2, 0.25) is 0 Å². The first kappa shape index (κ1) is 14.2. The molecule has 1 heterocycles. The predicted octanol–water partition coefficient (Wildman–Crippen LogP) is 1.90. The van der Waals surface area contributed by atoms with Gasteiger partial charge >= 0.3 is 0 Å². The summed E-state index contributed by atoms with van der Waals surface area (Å²) < 4.78 is 29.2. The Morgan fingerprint density at radius 2 is 2.16 bits per heavy atom. The van der Waals surface area contributed by atoms with E-state index in [0.29, 0.717) is 5.75 Å². The summed E-state index contributed by atoms with van der Waals surface area (Å²) in [5.41, 5.74) is 0. The number of ether oxygens (including phenoxy) is 3. The summed E-state index contributed by atoms with van der Waals surface area (Å²) in [6.45, 7) is 2.46. The quantitative estimate of drug-likeness (QED) is 0.738. The highest BCUT2D eigenvalue weighted by molar-refractivity contribution is 5.22. The molecule has 0 amide bonds. The molecule has 0 aliphatic carbocycles. The predicted molar refractivity (Wildman–Crippen MR) is 69.7 cm³/mol. The van der Waals surface area contributed by atoms with Crippen molar-refractivity contribution in [1.82, 2.24) is 4.90 Å². The van der Waals surface area contributed by atoms with Crippen LogP contribution < -0.4 is 4.74 Å². The van der Waals surface area contributed by atoms with Gasteiger partial charge in [0, 0.05) is 39.9 Å². The van der Waals surface area contributed by atoms with Gasteiger partial charge in [0.15, 0.2) is 6.29 Å². The van der Waals surface area contributed by atoms with Crippen LogP contribution in [-0.2, 0) is 9.47 Å². The minimum absolute atomic E-state index is 0.0937. The number of nitrogens with zero attached hydrogens (tertiary/aromatic N) is 1. The molecule has 106 valence electrons. The molecule has 1 aliphatic heterocycles. The lowest BCUT2D eigenvalue weighted by Gasteiger charge is -2.21. The van der Waals surface area contributed by atoms with Crippen molar-refractivity contribution in [3.8, 4) is 5.75 Å². The smallest absolute Gasteiger partial charge is 0.169 e. The highest BCUT2D eigenvalue weighted by Gasteiger charge is 2.26. The van der Waals surface area contributed by atoms with Gasteiger partial charge < -0.3 is 14.2 Å². The molecule has 0 N–H and O–H groups in total. The van der Waals surface area contributed by atoms with Gasteiger partial charge in [-0.1, -0.05) is 6.07 Å². The zero-order valence-corrected chi connectivity index (χ0v) is 11.3. The van der Waals surface area contributed by atoms with Crippen LogP contribution in [0.2, 0.25) is 0 Å². The van der Waals surface area contributed by atoms with Gasteiger partial charge in [-0.3, -0.25) is 4.90 Å². The molecular formula is C14H20FNO3. The van der Waals surface area contributed by atoms with E-state index in [9.17, 15) is 4.39 Å². The van der Waals surface area contributed by atoms with Crippen molar-refractivity contribution >= 4 is 0 Å². The first-order chi connectivity index (χ1) is 9.21. The Hall–Kier alpha value is -1.17.